The molecule has 3 rings (SSSR count). The molecule has 100 valence electrons. The lowest BCUT2D eigenvalue weighted by Gasteiger charge is -2.35. The molecule has 0 spiro atoms. The van der Waals surface area contributed by atoms with Gasteiger partial charge in [-0.05, 0) is 31.2 Å². The van der Waals surface area contributed by atoms with E-state index >= 15 is 0 Å². The van der Waals surface area contributed by atoms with E-state index in [9.17, 15) is 9.59 Å². The van der Waals surface area contributed by atoms with Gasteiger partial charge in [0.1, 0.15) is 0 Å². The van der Waals surface area contributed by atoms with Crippen LogP contribution in [0.5, 0.6) is 0 Å². The molecule has 0 unspecified atom stereocenters. The monoisotopic (exact) mass is 257 g/mol. The Labute approximate surface area is 113 Å². The van der Waals surface area contributed by atoms with Gasteiger partial charge in [-0.25, -0.2) is 0 Å². The summed E-state index contributed by atoms with van der Waals surface area (Å²) in [6, 6.07) is 10.2. The summed E-state index contributed by atoms with van der Waals surface area (Å²) in [5.41, 5.74) is 0.818. The Morgan fingerprint density at radius 3 is 2.74 bits per heavy atom. The Balaban J connectivity index is 1.80. The summed E-state index contributed by atoms with van der Waals surface area (Å²) in [5.74, 6) is -0.159. The molecule has 1 heterocycles. The second kappa shape index (κ2) is 4.80. The minimum Gasteiger partial charge on any atom is -0.296 e. The summed E-state index contributed by atoms with van der Waals surface area (Å²) in [5, 5.41) is 2.56. The zero-order valence-corrected chi connectivity index (χ0v) is 11.0. The summed E-state index contributed by atoms with van der Waals surface area (Å²) < 4.78 is 0. The molecule has 1 saturated heterocycles. The van der Waals surface area contributed by atoms with E-state index in [1.165, 1.54) is 5.56 Å². The van der Waals surface area contributed by atoms with Crippen LogP contribution in [0.25, 0.3) is 0 Å². The average molecular weight is 257 g/mol. The van der Waals surface area contributed by atoms with Crippen molar-refractivity contribution in [3.05, 3.63) is 35.9 Å². The van der Waals surface area contributed by atoms with Crippen molar-refractivity contribution in [1.29, 1.82) is 0 Å². The van der Waals surface area contributed by atoms with E-state index in [1.54, 1.807) is 0 Å². The van der Waals surface area contributed by atoms with Crippen LogP contribution in [0, 0.1) is 11.3 Å². The Morgan fingerprint density at radius 2 is 1.95 bits per heavy atom. The number of carbonyl (C=O) groups excluding carboxylic acids is 2. The van der Waals surface area contributed by atoms with Crippen molar-refractivity contribution in [3.63, 3.8) is 0 Å². The maximum absolute atomic E-state index is 12.2. The second-order valence-corrected chi connectivity index (χ2v) is 5.76. The summed E-state index contributed by atoms with van der Waals surface area (Å²) in [4.78, 5) is 24.1. The normalized spacial score (nSPS) is 30.0. The van der Waals surface area contributed by atoms with Crippen molar-refractivity contribution in [2.24, 2.45) is 11.3 Å². The molecule has 0 bridgehead atoms. The quantitative estimate of drug-likeness (QED) is 0.845. The van der Waals surface area contributed by atoms with Crippen LogP contribution in [-0.4, -0.2) is 11.8 Å². The van der Waals surface area contributed by atoms with Gasteiger partial charge in [0.15, 0.2) is 0 Å². The summed E-state index contributed by atoms with van der Waals surface area (Å²) in [7, 11) is 0. The van der Waals surface area contributed by atoms with Crippen molar-refractivity contribution in [2.75, 3.05) is 0 Å². The fraction of sp³-hybridized carbons (Fsp3) is 0.500. The standard InChI is InChI=1S/C16H19NO2/c18-14-13-8-4-5-10-16(13,15(19)17-14)11-9-12-6-2-1-3-7-12/h1-3,6-7,13H,4-5,8-11H2,(H,17,18,19)/t13-,16-/m0/s1. The maximum Gasteiger partial charge on any atom is 0.233 e. The molecule has 1 aromatic rings. The van der Waals surface area contributed by atoms with Crippen molar-refractivity contribution in [1.82, 2.24) is 5.32 Å². The van der Waals surface area contributed by atoms with E-state index in [2.05, 4.69) is 17.4 Å². The first-order chi connectivity index (χ1) is 9.22. The third-order valence-electron chi connectivity index (χ3n) is 4.74. The summed E-state index contributed by atoms with van der Waals surface area (Å²) in [6.45, 7) is 0. The fourth-order valence-electron chi connectivity index (χ4n) is 3.64. The first-order valence-corrected chi connectivity index (χ1v) is 7.12. The van der Waals surface area contributed by atoms with Crippen LogP contribution in [0.3, 0.4) is 0 Å². The lowest BCUT2D eigenvalue weighted by atomic mass is 9.65. The first-order valence-electron chi connectivity index (χ1n) is 7.12. The highest BCUT2D eigenvalue weighted by Gasteiger charge is 2.55. The van der Waals surface area contributed by atoms with Gasteiger partial charge in [0.2, 0.25) is 11.8 Å². The van der Waals surface area contributed by atoms with Crippen molar-refractivity contribution < 1.29 is 9.59 Å². The minimum absolute atomic E-state index is 0.0295. The molecule has 1 saturated carbocycles. The van der Waals surface area contributed by atoms with Crippen LogP contribution >= 0.6 is 0 Å². The molecule has 1 aliphatic carbocycles. The summed E-state index contributed by atoms with van der Waals surface area (Å²) in [6.07, 6.45) is 5.52. The van der Waals surface area contributed by atoms with Crippen LogP contribution in [0.15, 0.2) is 30.3 Å². The number of imide groups is 1. The van der Waals surface area contributed by atoms with Crippen LogP contribution in [0.2, 0.25) is 0 Å². The third kappa shape index (κ3) is 2.07. The third-order valence-corrected chi connectivity index (χ3v) is 4.74. The molecule has 1 N–H and O–H groups in total. The zero-order valence-electron chi connectivity index (χ0n) is 11.0. The van der Waals surface area contributed by atoms with Gasteiger partial charge in [-0.3, -0.25) is 14.9 Å². The average Bonchev–Trinajstić information content (AvgIpc) is 2.70. The van der Waals surface area contributed by atoms with E-state index < -0.39 is 5.41 Å². The number of nitrogens with one attached hydrogen (secondary N) is 1. The second-order valence-electron chi connectivity index (χ2n) is 5.76. The van der Waals surface area contributed by atoms with Gasteiger partial charge in [0, 0.05) is 0 Å². The smallest absolute Gasteiger partial charge is 0.233 e. The predicted molar refractivity (Wildman–Crippen MR) is 72.3 cm³/mol. The largest absolute Gasteiger partial charge is 0.296 e. The molecule has 1 aliphatic heterocycles. The molecule has 0 radical (unpaired) electrons. The van der Waals surface area contributed by atoms with Crippen molar-refractivity contribution in [2.45, 2.75) is 38.5 Å². The van der Waals surface area contributed by atoms with Gasteiger partial charge in [0.05, 0.1) is 11.3 Å². The van der Waals surface area contributed by atoms with E-state index in [0.29, 0.717) is 0 Å². The van der Waals surface area contributed by atoms with Gasteiger partial charge in [-0.2, -0.15) is 0 Å². The maximum atomic E-state index is 12.2. The Kier molecular flexibility index (Phi) is 3.13. The van der Waals surface area contributed by atoms with Gasteiger partial charge in [0.25, 0.3) is 0 Å². The molecular weight excluding hydrogens is 238 g/mol. The number of carbonyl (C=O) groups is 2. The fourth-order valence-corrected chi connectivity index (χ4v) is 3.64. The highest BCUT2D eigenvalue weighted by molar-refractivity contribution is 6.07. The molecule has 2 atom stereocenters. The number of rotatable bonds is 3. The van der Waals surface area contributed by atoms with Gasteiger partial charge < -0.3 is 0 Å². The van der Waals surface area contributed by atoms with E-state index in [0.717, 1.165) is 38.5 Å². The SMILES string of the molecule is O=C1NC(=O)[C@]2(CCc3ccccc3)CCCC[C@@H]12. The van der Waals surface area contributed by atoms with Gasteiger partial charge >= 0.3 is 0 Å². The van der Waals surface area contributed by atoms with Crippen LogP contribution in [0.1, 0.15) is 37.7 Å². The zero-order chi connectivity index (χ0) is 13.3. The lowest BCUT2D eigenvalue weighted by molar-refractivity contribution is -0.130. The van der Waals surface area contributed by atoms with Crippen LogP contribution in [-0.2, 0) is 16.0 Å². The predicted octanol–water partition coefficient (Wildman–Crippen LogP) is 2.45. The number of aryl methyl sites for hydroxylation is 1. The lowest BCUT2D eigenvalue weighted by Crippen LogP contribution is -2.38. The van der Waals surface area contributed by atoms with Gasteiger partial charge in [-0.15, -0.1) is 0 Å². The number of amides is 2. The molecule has 2 amide bonds. The number of hydrogen-bond acceptors (Lipinski definition) is 2. The molecule has 3 heteroatoms. The molecule has 2 fully saturated rings. The van der Waals surface area contributed by atoms with Crippen LogP contribution < -0.4 is 5.32 Å². The minimum atomic E-state index is -0.425. The molecule has 3 nitrogen and oxygen atoms in total. The highest BCUT2D eigenvalue weighted by Crippen LogP contribution is 2.48. The van der Waals surface area contributed by atoms with Crippen molar-refractivity contribution in [3.8, 4) is 0 Å². The molecule has 1 aromatic carbocycles. The van der Waals surface area contributed by atoms with E-state index in [1.807, 2.05) is 18.2 Å². The molecular formula is C16H19NO2. The Morgan fingerprint density at radius 1 is 1.16 bits per heavy atom. The topological polar surface area (TPSA) is 46.2 Å². The molecule has 19 heavy (non-hydrogen) atoms. The Bertz CT molecular complexity index is 497. The van der Waals surface area contributed by atoms with E-state index in [-0.39, 0.29) is 17.7 Å². The molecule has 2 aliphatic rings. The Hall–Kier alpha value is -1.64. The van der Waals surface area contributed by atoms with E-state index in [4.69, 9.17) is 0 Å². The number of benzene rings is 1. The summed E-state index contributed by atoms with van der Waals surface area (Å²) >= 11 is 0. The number of hydrogen-bond donors (Lipinski definition) is 1. The number of fused-ring (bicyclic) bond motifs is 1. The molecule has 0 aromatic heterocycles. The van der Waals surface area contributed by atoms with Gasteiger partial charge in [-0.1, -0.05) is 43.2 Å². The highest BCUT2D eigenvalue weighted by atomic mass is 16.2. The first kappa shape index (κ1) is 12.4. The van der Waals surface area contributed by atoms with Crippen molar-refractivity contribution >= 4 is 11.8 Å². The van der Waals surface area contributed by atoms with Crippen LogP contribution in [0.4, 0.5) is 0 Å².